The third-order valence-corrected chi connectivity index (χ3v) is 1.63. The Morgan fingerprint density at radius 2 is 1.67 bits per heavy atom. The SMILES string of the molecule is CC(NC(C)C(=O)OC(C)(C)C)C(=O)O. The van der Waals surface area contributed by atoms with Gasteiger partial charge in [0.25, 0.3) is 0 Å². The van der Waals surface area contributed by atoms with Crippen LogP contribution in [-0.4, -0.2) is 34.7 Å². The molecule has 5 heteroatoms. The molecule has 0 saturated heterocycles. The molecule has 0 bridgehead atoms. The number of ether oxygens (including phenoxy) is 1. The van der Waals surface area contributed by atoms with Gasteiger partial charge in [-0.05, 0) is 34.6 Å². The first-order valence-electron chi connectivity index (χ1n) is 4.85. The van der Waals surface area contributed by atoms with E-state index in [0.717, 1.165) is 0 Å². The highest BCUT2D eigenvalue weighted by atomic mass is 16.6. The van der Waals surface area contributed by atoms with E-state index in [9.17, 15) is 9.59 Å². The Kier molecular flexibility index (Phi) is 4.74. The lowest BCUT2D eigenvalue weighted by Crippen LogP contribution is -2.46. The van der Waals surface area contributed by atoms with Crippen LogP contribution in [0.15, 0.2) is 0 Å². The van der Waals surface area contributed by atoms with E-state index in [1.165, 1.54) is 6.92 Å². The van der Waals surface area contributed by atoms with Gasteiger partial charge in [0.15, 0.2) is 0 Å². The Balaban J connectivity index is 4.17. The van der Waals surface area contributed by atoms with Crippen molar-refractivity contribution < 1.29 is 19.4 Å². The summed E-state index contributed by atoms with van der Waals surface area (Å²) in [5.74, 6) is -1.44. The Bertz CT molecular complexity index is 244. The number of esters is 1. The van der Waals surface area contributed by atoms with E-state index in [4.69, 9.17) is 9.84 Å². The third-order valence-electron chi connectivity index (χ3n) is 1.63. The second-order valence-corrected chi connectivity index (χ2v) is 4.48. The van der Waals surface area contributed by atoms with Gasteiger partial charge < -0.3 is 9.84 Å². The number of aliphatic carboxylic acids is 1. The lowest BCUT2D eigenvalue weighted by molar-refractivity contribution is -0.157. The number of carbonyl (C=O) groups excluding carboxylic acids is 1. The van der Waals surface area contributed by atoms with Crippen LogP contribution in [0.1, 0.15) is 34.6 Å². The predicted octanol–water partition coefficient (Wildman–Crippen LogP) is 0.779. The highest BCUT2D eigenvalue weighted by molar-refractivity contribution is 5.78. The minimum Gasteiger partial charge on any atom is -0.480 e. The van der Waals surface area contributed by atoms with Crippen LogP contribution in [0, 0.1) is 0 Å². The molecule has 0 aromatic heterocycles. The number of carboxylic acid groups (broad SMARTS) is 1. The average molecular weight is 217 g/mol. The molecule has 5 nitrogen and oxygen atoms in total. The lowest BCUT2D eigenvalue weighted by atomic mass is 10.2. The summed E-state index contributed by atoms with van der Waals surface area (Å²) in [7, 11) is 0. The van der Waals surface area contributed by atoms with Crippen molar-refractivity contribution in [3.63, 3.8) is 0 Å². The zero-order valence-corrected chi connectivity index (χ0v) is 9.83. The van der Waals surface area contributed by atoms with Gasteiger partial charge in [0, 0.05) is 0 Å². The van der Waals surface area contributed by atoms with Gasteiger partial charge in [-0.15, -0.1) is 0 Å². The first kappa shape index (κ1) is 13.9. The van der Waals surface area contributed by atoms with Crippen molar-refractivity contribution in [2.24, 2.45) is 0 Å². The topological polar surface area (TPSA) is 75.6 Å². The van der Waals surface area contributed by atoms with E-state index in [1.807, 2.05) is 0 Å². The van der Waals surface area contributed by atoms with Crippen LogP contribution in [0.5, 0.6) is 0 Å². The van der Waals surface area contributed by atoms with Crippen LogP contribution in [0.2, 0.25) is 0 Å². The minimum absolute atomic E-state index is 0.449. The van der Waals surface area contributed by atoms with Crippen molar-refractivity contribution in [1.29, 1.82) is 0 Å². The number of hydrogen-bond donors (Lipinski definition) is 2. The first-order valence-corrected chi connectivity index (χ1v) is 4.85. The molecule has 0 heterocycles. The molecule has 0 spiro atoms. The van der Waals surface area contributed by atoms with Gasteiger partial charge >= 0.3 is 11.9 Å². The molecular weight excluding hydrogens is 198 g/mol. The monoisotopic (exact) mass is 217 g/mol. The van der Waals surface area contributed by atoms with Gasteiger partial charge in [-0.2, -0.15) is 0 Å². The maximum Gasteiger partial charge on any atom is 0.323 e. The summed E-state index contributed by atoms with van der Waals surface area (Å²) in [5.41, 5.74) is -0.556. The van der Waals surface area contributed by atoms with Crippen LogP contribution in [0.25, 0.3) is 0 Å². The van der Waals surface area contributed by atoms with Crippen molar-refractivity contribution in [2.45, 2.75) is 52.3 Å². The standard InChI is InChI=1S/C10H19NO4/c1-6(8(12)13)11-7(2)9(14)15-10(3,4)5/h6-7,11H,1-5H3,(H,12,13). The number of hydrogen-bond acceptors (Lipinski definition) is 4. The van der Waals surface area contributed by atoms with E-state index in [0.29, 0.717) is 0 Å². The Hall–Kier alpha value is -1.10. The van der Waals surface area contributed by atoms with Crippen molar-refractivity contribution in [3.8, 4) is 0 Å². The second kappa shape index (κ2) is 5.11. The molecule has 2 atom stereocenters. The summed E-state index contributed by atoms with van der Waals surface area (Å²) in [6.07, 6.45) is 0. The smallest absolute Gasteiger partial charge is 0.323 e. The van der Waals surface area contributed by atoms with E-state index >= 15 is 0 Å². The average Bonchev–Trinajstić information content (AvgIpc) is 2.00. The minimum atomic E-state index is -0.995. The van der Waals surface area contributed by atoms with Crippen LogP contribution in [0.3, 0.4) is 0 Å². The normalized spacial score (nSPS) is 15.5. The molecule has 2 N–H and O–H groups in total. The van der Waals surface area contributed by atoms with Gasteiger partial charge in [-0.3, -0.25) is 14.9 Å². The quantitative estimate of drug-likeness (QED) is 0.680. The molecule has 88 valence electrons. The molecule has 0 aliphatic carbocycles. The fraction of sp³-hybridized carbons (Fsp3) is 0.800. The molecule has 0 saturated carbocycles. The molecular formula is C10H19NO4. The number of nitrogens with one attached hydrogen (secondary N) is 1. The van der Waals surface area contributed by atoms with E-state index in [1.54, 1.807) is 27.7 Å². The van der Waals surface area contributed by atoms with Crippen molar-refractivity contribution in [1.82, 2.24) is 5.32 Å². The highest BCUT2D eigenvalue weighted by Gasteiger charge is 2.24. The van der Waals surface area contributed by atoms with E-state index < -0.39 is 29.6 Å². The molecule has 2 unspecified atom stereocenters. The summed E-state index contributed by atoms with van der Waals surface area (Å²) in [6.45, 7) is 8.34. The van der Waals surface area contributed by atoms with Gasteiger partial charge in [-0.25, -0.2) is 0 Å². The van der Waals surface area contributed by atoms with Crippen LogP contribution >= 0.6 is 0 Å². The molecule has 0 rings (SSSR count). The molecule has 0 amide bonds. The van der Waals surface area contributed by atoms with Gasteiger partial charge in [0.1, 0.15) is 17.7 Å². The fourth-order valence-corrected chi connectivity index (χ4v) is 0.904. The van der Waals surface area contributed by atoms with Crippen molar-refractivity contribution in [2.75, 3.05) is 0 Å². The molecule has 0 aromatic carbocycles. The molecule has 0 aliphatic heterocycles. The molecule has 0 fully saturated rings. The lowest BCUT2D eigenvalue weighted by Gasteiger charge is -2.23. The van der Waals surface area contributed by atoms with Gasteiger partial charge in [0.2, 0.25) is 0 Å². The molecule has 0 aromatic rings. The summed E-state index contributed by atoms with van der Waals surface area (Å²) < 4.78 is 5.09. The second-order valence-electron chi connectivity index (χ2n) is 4.48. The largest absolute Gasteiger partial charge is 0.480 e. The van der Waals surface area contributed by atoms with Crippen molar-refractivity contribution >= 4 is 11.9 Å². The fourth-order valence-electron chi connectivity index (χ4n) is 0.904. The summed E-state index contributed by atoms with van der Waals surface area (Å²) in [4.78, 5) is 22.0. The summed E-state index contributed by atoms with van der Waals surface area (Å²) in [6, 6.07) is -1.40. The van der Waals surface area contributed by atoms with E-state index in [-0.39, 0.29) is 0 Å². The van der Waals surface area contributed by atoms with Crippen LogP contribution in [0.4, 0.5) is 0 Å². The maximum absolute atomic E-state index is 11.4. The third kappa shape index (κ3) is 6.06. The van der Waals surface area contributed by atoms with Crippen molar-refractivity contribution in [3.05, 3.63) is 0 Å². The molecule has 0 radical (unpaired) electrons. The highest BCUT2D eigenvalue weighted by Crippen LogP contribution is 2.08. The number of carboxylic acids is 1. The predicted molar refractivity (Wildman–Crippen MR) is 55.5 cm³/mol. The van der Waals surface area contributed by atoms with E-state index in [2.05, 4.69) is 5.32 Å². The van der Waals surface area contributed by atoms with Crippen LogP contribution < -0.4 is 5.32 Å². The zero-order chi connectivity index (χ0) is 12.2. The zero-order valence-electron chi connectivity index (χ0n) is 9.83. The molecule has 15 heavy (non-hydrogen) atoms. The van der Waals surface area contributed by atoms with Gasteiger partial charge in [-0.1, -0.05) is 0 Å². The summed E-state index contributed by atoms with van der Waals surface area (Å²) in [5, 5.41) is 11.3. The Labute approximate surface area is 89.8 Å². The Morgan fingerprint density at radius 3 is 2.00 bits per heavy atom. The van der Waals surface area contributed by atoms with Crippen LogP contribution in [-0.2, 0) is 14.3 Å². The molecule has 0 aliphatic rings. The Morgan fingerprint density at radius 1 is 1.20 bits per heavy atom. The number of rotatable bonds is 4. The first-order chi connectivity index (χ1) is 6.63. The maximum atomic E-state index is 11.4. The summed E-state index contributed by atoms with van der Waals surface area (Å²) >= 11 is 0. The van der Waals surface area contributed by atoms with Gasteiger partial charge in [0.05, 0.1) is 0 Å². The number of carbonyl (C=O) groups is 2.